The molecule has 3 aromatic carbocycles. The molecular weight excluding hydrogens is 346 g/mol. The summed E-state index contributed by atoms with van der Waals surface area (Å²) in [6, 6.07) is 23.0. The fourth-order valence-electron chi connectivity index (χ4n) is 3.23. The van der Waals surface area contributed by atoms with Crippen molar-refractivity contribution in [1.29, 1.82) is 0 Å². The molecular formula is C25H29NO2. The van der Waals surface area contributed by atoms with Crippen LogP contribution in [0.3, 0.4) is 0 Å². The van der Waals surface area contributed by atoms with Gasteiger partial charge < -0.3 is 10.1 Å². The van der Waals surface area contributed by atoms with E-state index >= 15 is 0 Å². The molecule has 146 valence electrons. The van der Waals surface area contributed by atoms with Gasteiger partial charge in [0.25, 0.3) is 0 Å². The largest absolute Gasteiger partial charge is 0.465 e. The van der Waals surface area contributed by atoms with Crippen LogP contribution < -0.4 is 5.32 Å². The molecule has 0 saturated carbocycles. The Morgan fingerprint density at radius 1 is 0.929 bits per heavy atom. The van der Waals surface area contributed by atoms with Crippen LogP contribution in [0.5, 0.6) is 0 Å². The van der Waals surface area contributed by atoms with Gasteiger partial charge in [-0.15, -0.1) is 0 Å². The van der Waals surface area contributed by atoms with Gasteiger partial charge in [-0.2, -0.15) is 0 Å². The molecule has 0 aromatic heterocycles. The van der Waals surface area contributed by atoms with Crippen LogP contribution in [0.25, 0.3) is 10.8 Å². The fraction of sp³-hybridized carbons (Fsp3) is 0.320. The van der Waals surface area contributed by atoms with Gasteiger partial charge in [-0.05, 0) is 67.3 Å². The minimum Gasteiger partial charge on any atom is -0.465 e. The number of anilines is 2. The third-order valence-corrected chi connectivity index (χ3v) is 4.92. The maximum atomic E-state index is 12.3. The van der Waals surface area contributed by atoms with Crippen molar-refractivity contribution in [1.82, 2.24) is 0 Å². The first-order valence-corrected chi connectivity index (χ1v) is 10.00. The van der Waals surface area contributed by atoms with E-state index in [-0.39, 0.29) is 5.97 Å². The third kappa shape index (κ3) is 5.13. The lowest BCUT2D eigenvalue weighted by Crippen LogP contribution is -2.29. The van der Waals surface area contributed by atoms with E-state index in [1.54, 1.807) is 0 Å². The van der Waals surface area contributed by atoms with E-state index in [4.69, 9.17) is 4.74 Å². The SMILES string of the molecule is CCCCOC(=O)C(C)(C)Cc1ccc(Nc2ccc3ccccc3c2)cc1. The molecule has 3 heteroatoms. The van der Waals surface area contributed by atoms with Gasteiger partial charge in [0.2, 0.25) is 0 Å². The number of carbonyl (C=O) groups is 1. The first-order chi connectivity index (χ1) is 13.5. The van der Waals surface area contributed by atoms with Crippen LogP contribution in [0, 0.1) is 5.41 Å². The standard InChI is InChI=1S/C25H29NO2/c1-4-5-16-28-24(27)25(2,3)18-19-10-13-22(14-11-19)26-23-15-12-20-8-6-7-9-21(20)17-23/h6-15,17,26H,4-5,16,18H2,1-3H3. The second-order valence-corrected chi connectivity index (χ2v) is 7.93. The number of carbonyl (C=O) groups excluding carboxylic acids is 1. The number of rotatable bonds is 8. The highest BCUT2D eigenvalue weighted by atomic mass is 16.5. The molecule has 0 atom stereocenters. The Morgan fingerprint density at radius 2 is 1.61 bits per heavy atom. The van der Waals surface area contributed by atoms with Crippen molar-refractivity contribution in [3.63, 3.8) is 0 Å². The summed E-state index contributed by atoms with van der Waals surface area (Å²) >= 11 is 0. The van der Waals surface area contributed by atoms with Gasteiger partial charge in [0.05, 0.1) is 12.0 Å². The second kappa shape index (κ2) is 8.92. The summed E-state index contributed by atoms with van der Waals surface area (Å²) in [7, 11) is 0. The second-order valence-electron chi connectivity index (χ2n) is 7.93. The average Bonchev–Trinajstić information content (AvgIpc) is 2.69. The summed E-state index contributed by atoms with van der Waals surface area (Å²) in [5, 5.41) is 5.90. The molecule has 0 spiro atoms. The van der Waals surface area contributed by atoms with E-state index in [0.717, 1.165) is 29.8 Å². The summed E-state index contributed by atoms with van der Waals surface area (Å²) < 4.78 is 5.41. The number of ether oxygens (including phenoxy) is 1. The van der Waals surface area contributed by atoms with Crippen molar-refractivity contribution in [2.45, 2.75) is 40.0 Å². The summed E-state index contributed by atoms with van der Waals surface area (Å²) in [4.78, 5) is 12.3. The van der Waals surface area contributed by atoms with Crippen molar-refractivity contribution < 1.29 is 9.53 Å². The number of hydrogen-bond donors (Lipinski definition) is 1. The lowest BCUT2D eigenvalue weighted by atomic mass is 9.86. The molecule has 0 amide bonds. The minimum absolute atomic E-state index is 0.126. The van der Waals surface area contributed by atoms with Gasteiger partial charge in [-0.3, -0.25) is 4.79 Å². The normalized spacial score (nSPS) is 11.4. The Hall–Kier alpha value is -2.81. The Morgan fingerprint density at radius 3 is 2.32 bits per heavy atom. The van der Waals surface area contributed by atoms with E-state index in [0.29, 0.717) is 13.0 Å². The molecule has 1 N–H and O–H groups in total. The van der Waals surface area contributed by atoms with Gasteiger partial charge in [-0.25, -0.2) is 0 Å². The van der Waals surface area contributed by atoms with Crippen molar-refractivity contribution in [3.8, 4) is 0 Å². The molecule has 0 aliphatic rings. The molecule has 0 unspecified atom stereocenters. The number of nitrogens with one attached hydrogen (secondary N) is 1. The van der Waals surface area contributed by atoms with Crippen molar-refractivity contribution in [2.24, 2.45) is 5.41 Å². The molecule has 28 heavy (non-hydrogen) atoms. The number of benzene rings is 3. The minimum atomic E-state index is -0.527. The Kier molecular flexibility index (Phi) is 6.35. The van der Waals surface area contributed by atoms with E-state index in [9.17, 15) is 4.79 Å². The van der Waals surface area contributed by atoms with Gasteiger partial charge in [-0.1, -0.05) is 55.8 Å². The molecule has 0 aliphatic carbocycles. The molecule has 0 bridgehead atoms. The summed E-state index contributed by atoms with van der Waals surface area (Å²) in [5.74, 6) is -0.126. The van der Waals surface area contributed by atoms with Crippen LogP contribution in [0.1, 0.15) is 39.2 Å². The lowest BCUT2D eigenvalue weighted by Gasteiger charge is -2.22. The zero-order chi connectivity index (χ0) is 20.0. The molecule has 3 nitrogen and oxygen atoms in total. The molecule has 3 rings (SSSR count). The molecule has 0 heterocycles. The van der Waals surface area contributed by atoms with Gasteiger partial charge in [0.1, 0.15) is 0 Å². The van der Waals surface area contributed by atoms with Crippen molar-refractivity contribution in [2.75, 3.05) is 11.9 Å². The van der Waals surface area contributed by atoms with E-state index in [2.05, 4.69) is 79.0 Å². The van der Waals surface area contributed by atoms with Crippen LogP contribution in [0.15, 0.2) is 66.7 Å². The summed E-state index contributed by atoms with van der Waals surface area (Å²) in [6.07, 6.45) is 2.60. The number of esters is 1. The predicted molar refractivity (Wildman–Crippen MR) is 117 cm³/mol. The number of hydrogen-bond acceptors (Lipinski definition) is 3. The van der Waals surface area contributed by atoms with Crippen LogP contribution in [0.4, 0.5) is 11.4 Å². The first kappa shape index (κ1) is 19.9. The highest BCUT2D eigenvalue weighted by molar-refractivity contribution is 5.86. The monoisotopic (exact) mass is 375 g/mol. The van der Waals surface area contributed by atoms with E-state index < -0.39 is 5.41 Å². The van der Waals surface area contributed by atoms with Crippen molar-refractivity contribution >= 4 is 28.1 Å². The molecule has 3 aromatic rings. The maximum absolute atomic E-state index is 12.3. The van der Waals surface area contributed by atoms with Crippen LogP contribution in [-0.4, -0.2) is 12.6 Å². The fourth-order valence-corrected chi connectivity index (χ4v) is 3.23. The molecule has 0 saturated heterocycles. The van der Waals surface area contributed by atoms with Crippen molar-refractivity contribution in [3.05, 3.63) is 72.3 Å². The highest BCUT2D eigenvalue weighted by Crippen LogP contribution is 2.26. The Labute approximate surface area is 167 Å². The number of fused-ring (bicyclic) bond motifs is 1. The topological polar surface area (TPSA) is 38.3 Å². The molecule has 0 fully saturated rings. The van der Waals surface area contributed by atoms with Crippen LogP contribution >= 0.6 is 0 Å². The average molecular weight is 376 g/mol. The zero-order valence-electron chi connectivity index (χ0n) is 17.0. The molecule has 0 aliphatic heterocycles. The zero-order valence-corrected chi connectivity index (χ0v) is 17.0. The molecule has 0 radical (unpaired) electrons. The van der Waals surface area contributed by atoms with E-state index in [1.807, 2.05) is 13.8 Å². The lowest BCUT2D eigenvalue weighted by molar-refractivity contribution is -0.154. The quantitative estimate of drug-likeness (QED) is 0.361. The van der Waals surface area contributed by atoms with Crippen LogP contribution in [-0.2, 0) is 16.0 Å². The smallest absolute Gasteiger partial charge is 0.311 e. The van der Waals surface area contributed by atoms with Crippen LogP contribution in [0.2, 0.25) is 0 Å². The third-order valence-electron chi connectivity index (χ3n) is 4.92. The summed E-state index contributed by atoms with van der Waals surface area (Å²) in [5.41, 5.74) is 2.69. The number of unbranched alkanes of at least 4 members (excludes halogenated alkanes) is 1. The van der Waals surface area contributed by atoms with Gasteiger partial charge in [0, 0.05) is 11.4 Å². The first-order valence-electron chi connectivity index (χ1n) is 10.00. The van der Waals surface area contributed by atoms with Gasteiger partial charge in [0.15, 0.2) is 0 Å². The highest BCUT2D eigenvalue weighted by Gasteiger charge is 2.29. The Balaban J connectivity index is 1.63. The Bertz CT molecular complexity index is 929. The predicted octanol–water partition coefficient (Wildman–Crippen LogP) is 6.50. The summed E-state index contributed by atoms with van der Waals surface area (Å²) in [6.45, 7) is 6.49. The maximum Gasteiger partial charge on any atom is 0.311 e. The van der Waals surface area contributed by atoms with E-state index in [1.165, 1.54) is 10.8 Å². The van der Waals surface area contributed by atoms with Gasteiger partial charge >= 0.3 is 5.97 Å².